The molecular weight excluding hydrogens is 280 g/mol. The molecule has 19 heavy (non-hydrogen) atoms. The Balaban J connectivity index is 0.00000324. The zero-order valence-corrected chi connectivity index (χ0v) is 13.4. The smallest absolute Gasteiger partial charge is 0.231 e. The molecule has 1 rings (SSSR count). The Morgan fingerprint density at radius 1 is 1.37 bits per heavy atom. The van der Waals surface area contributed by atoms with Crippen molar-refractivity contribution in [3.8, 4) is 0 Å². The van der Waals surface area contributed by atoms with E-state index in [4.69, 9.17) is 5.73 Å². The monoisotopic (exact) mass is 302 g/mol. The molecule has 0 saturated heterocycles. The van der Waals surface area contributed by atoms with E-state index in [0.29, 0.717) is 6.54 Å². The van der Waals surface area contributed by atoms with Crippen molar-refractivity contribution in [1.29, 1.82) is 0 Å². The van der Waals surface area contributed by atoms with Gasteiger partial charge >= 0.3 is 0 Å². The van der Waals surface area contributed by atoms with E-state index in [0.717, 1.165) is 23.4 Å². The average Bonchev–Trinajstić information content (AvgIpc) is 2.41. The van der Waals surface area contributed by atoms with E-state index in [-0.39, 0.29) is 18.3 Å². The molecule has 1 aromatic carbocycles. The molecule has 5 heteroatoms. The maximum atomic E-state index is 12.3. The van der Waals surface area contributed by atoms with Crippen molar-refractivity contribution in [2.45, 2.75) is 31.6 Å². The molecule has 0 bridgehead atoms. The molecule has 0 heterocycles. The van der Waals surface area contributed by atoms with Crippen LogP contribution in [0, 0.1) is 5.41 Å². The molecule has 0 spiro atoms. The van der Waals surface area contributed by atoms with Crippen molar-refractivity contribution in [3.63, 3.8) is 0 Å². The number of benzene rings is 1. The SMILES string of the molecule is CCC(CC)(CN)C(=O)Nc1cccc(SC)c1.Cl. The van der Waals surface area contributed by atoms with E-state index in [1.54, 1.807) is 11.8 Å². The van der Waals surface area contributed by atoms with Crippen LogP contribution in [0.3, 0.4) is 0 Å². The molecule has 0 fully saturated rings. The number of nitrogens with two attached hydrogens (primary N) is 1. The fraction of sp³-hybridized carbons (Fsp3) is 0.500. The molecule has 1 amide bonds. The van der Waals surface area contributed by atoms with E-state index in [2.05, 4.69) is 5.32 Å². The number of carbonyl (C=O) groups excluding carboxylic acids is 1. The van der Waals surface area contributed by atoms with Gasteiger partial charge in [-0.25, -0.2) is 0 Å². The van der Waals surface area contributed by atoms with Gasteiger partial charge in [-0.3, -0.25) is 4.79 Å². The summed E-state index contributed by atoms with van der Waals surface area (Å²) in [5.74, 6) is 0.0215. The molecule has 0 unspecified atom stereocenters. The molecule has 108 valence electrons. The Morgan fingerprint density at radius 3 is 2.47 bits per heavy atom. The normalized spacial score (nSPS) is 10.7. The molecule has 1 aromatic rings. The molecule has 0 atom stereocenters. The fourth-order valence-electron chi connectivity index (χ4n) is 1.92. The summed E-state index contributed by atoms with van der Waals surface area (Å²) in [7, 11) is 0. The highest BCUT2D eigenvalue weighted by Gasteiger charge is 2.33. The minimum Gasteiger partial charge on any atom is -0.329 e. The van der Waals surface area contributed by atoms with Crippen molar-refractivity contribution in [2.75, 3.05) is 18.1 Å². The second-order valence-electron chi connectivity index (χ2n) is 4.38. The number of hydrogen-bond acceptors (Lipinski definition) is 3. The van der Waals surface area contributed by atoms with E-state index in [9.17, 15) is 4.79 Å². The Labute approximate surface area is 126 Å². The number of halogens is 1. The van der Waals surface area contributed by atoms with Crippen molar-refractivity contribution >= 4 is 35.8 Å². The summed E-state index contributed by atoms with van der Waals surface area (Å²) in [6.07, 6.45) is 3.53. The predicted molar refractivity (Wildman–Crippen MR) is 86.2 cm³/mol. The van der Waals surface area contributed by atoms with E-state index in [1.165, 1.54) is 0 Å². The molecule has 0 aliphatic heterocycles. The second-order valence-corrected chi connectivity index (χ2v) is 5.26. The summed E-state index contributed by atoms with van der Waals surface area (Å²) >= 11 is 1.66. The van der Waals surface area contributed by atoms with Gasteiger partial charge in [0.25, 0.3) is 0 Å². The first kappa shape index (κ1) is 18.3. The average molecular weight is 303 g/mol. The van der Waals surface area contributed by atoms with Gasteiger partial charge in [-0.1, -0.05) is 19.9 Å². The third kappa shape index (κ3) is 4.41. The van der Waals surface area contributed by atoms with Crippen LogP contribution in [0.5, 0.6) is 0 Å². The lowest BCUT2D eigenvalue weighted by molar-refractivity contribution is -0.125. The van der Waals surface area contributed by atoms with Crippen LogP contribution >= 0.6 is 24.2 Å². The fourth-order valence-corrected chi connectivity index (χ4v) is 2.38. The first-order chi connectivity index (χ1) is 8.61. The quantitative estimate of drug-likeness (QED) is 0.790. The third-order valence-corrected chi connectivity index (χ3v) is 4.28. The highest BCUT2D eigenvalue weighted by Crippen LogP contribution is 2.27. The van der Waals surface area contributed by atoms with E-state index >= 15 is 0 Å². The Bertz CT molecular complexity index is 400. The van der Waals surface area contributed by atoms with Crippen molar-refractivity contribution in [2.24, 2.45) is 11.1 Å². The standard InChI is InChI=1S/C14H22N2OS.ClH/c1-4-14(5-2,10-15)13(17)16-11-7-6-8-12(9-11)18-3;/h6-9H,4-5,10,15H2,1-3H3,(H,16,17);1H. The van der Waals surface area contributed by atoms with E-state index < -0.39 is 5.41 Å². The van der Waals surface area contributed by atoms with Gasteiger partial charge in [0.15, 0.2) is 0 Å². The molecule has 0 radical (unpaired) electrons. The molecule has 0 aliphatic rings. The Morgan fingerprint density at radius 2 is 2.00 bits per heavy atom. The molecule has 3 N–H and O–H groups in total. The highest BCUT2D eigenvalue weighted by atomic mass is 35.5. The van der Waals surface area contributed by atoms with Gasteiger partial charge < -0.3 is 11.1 Å². The topological polar surface area (TPSA) is 55.1 Å². The summed E-state index contributed by atoms with van der Waals surface area (Å²) in [4.78, 5) is 13.5. The number of thioether (sulfide) groups is 1. The zero-order chi connectivity index (χ0) is 13.6. The van der Waals surface area contributed by atoms with Crippen LogP contribution in [0.2, 0.25) is 0 Å². The lowest BCUT2D eigenvalue weighted by Crippen LogP contribution is -2.41. The number of anilines is 1. The molecule has 0 aliphatic carbocycles. The van der Waals surface area contributed by atoms with Gasteiger partial charge in [-0.2, -0.15) is 0 Å². The second kappa shape index (κ2) is 8.46. The van der Waals surface area contributed by atoms with Crippen molar-refractivity contribution < 1.29 is 4.79 Å². The lowest BCUT2D eigenvalue weighted by Gasteiger charge is -2.28. The molecule has 0 saturated carbocycles. The number of hydrogen-bond donors (Lipinski definition) is 2. The van der Waals surface area contributed by atoms with Gasteiger partial charge in [0, 0.05) is 17.1 Å². The van der Waals surface area contributed by atoms with Crippen molar-refractivity contribution in [1.82, 2.24) is 0 Å². The maximum absolute atomic E-state index is 12.3. The summed E-state index contributed by atoms with van der Waals surface area (Å²) in [6, 6.07) is 7.86. The highest BCUT2D eigenvalue weighted by molar-refractivity contribution is 7.98. The van der Waals surface area contributed by atoms with Crippen LogP contribution in [-0.4, -0.2) is 18.7 Å². The Kier molecular flexibility index (Phi) is 8.14. The summed E-state index contributed by atoms with van der Waals surface area (Å²) < 4.78 is 0. The van der Waals surface area contributed by atoms with Crippen LogP contribution in [0.4, 0.5) is 5.69 Å². The minimum absolute atomic E-state index is 0. The van der Waals surface area contributed by atoms with Crippen LogP contribution in [0.1, 0.15) is 26.7 Å². The van der Waals surface area contributed by atoms with Gasteiger partial charge in [-0.15, -0.1) is 24.2 Å². The van der Waals surface area contributed by atoms with Crippen LogP contribution in [-0.2, 0) is 4.79 Å². The van der Waals surface area contributed by atoms with Gasteiger partial charge in [0.2, 0.25) is 5.91 Å². The van der Waals surface area contributed by atoms with Gasteiger partial charge in [0.1, 0.15) is 0 Å². The van der Waals surface area contributed by atoms with Crippen LogP contribution in [0.15, 0.2) is 29.2 Å². The lowest BCUT2D eigenvalue weighted by atomic mass is 9.81. The maximum Gasteiger partial charge on any atom is 0.231 e. The minimum atomic E-state index is -0.449. The van der Waals surface area contributed by atoms with E-state index in [1.807, 2.05) is 44.4 Å². The summed E-state index contributed by atoms with van der Waals surface area (Å²) in [5, 5.41) is 2.98. The number of rotatable bonds is 6. The number of carbonyl (C=O) groups is 1. The van der Waals surface area contributed by atoms with Crippen LogP contribution in [0.25, 0.3) is 0 Å². The molecular formula is C14H23ClN2OS. The predicted octanol–water partition coefficient (Wildman–Crippen LogP) is 3.53. The largest absolute Gasteiger partial charge is 0.329 e. The number of amides is 1. The summed E-state index contributed by atoms with van der Waals surface area (Å²) in [5.41, 5.74) is 6.16. The zero-order valence-electron chi connectivity index (χ0n) is 11.7. The van der Waals surface area contributed by atoms with Crippen LogP contribution < -0.4 is 11.1 Å². The Hall–Kier alpha value is -0.710. The first-order valence-corrected chi connectivity index (χ1v) is 7.50. The van der Waals surface area contributed by atoms with Crippen molar-refractivity contribution in [3.05, 3.63) is 24.3 Å². The van der Waals surface area contributed by atoms with Gasteiger partial charge in [0.05, 0.1) is 5.41 Å². The summed E-state index contributed by atoms with van der Waals surface area (Å²) in [6.45, 7) is 4.40. The first-order valence-electron chi connectivity index (χ1n) is 6.27. The molecule has 3 nitrogen and oxygen atoms in total. The third-order valence-electron chi connectivity index (χ3n) is 3.55. The molecule has 0 aromatic heterocycles. The van der Waals surface area contributed by atoms with Gasteiger partial charge in [-0.05, 0) is 37.3 Å². The number of nitrogens with one attached hydrogen (secondary N) is 1.